The first-order valence-corrected chi connectivity index (χ1v) is 10.6. The third-order valence-electron chi connectivity index (χ3n) is 4.78. The molecule has 3 nitrogen and oxygen atoms in total. The molecule has 0 spiro atoms. The van der Waals surface area contributed by atoms with Crippen molar-refractivity contribution in [2.24, 2.45) is 0 Å². The van der Waals surface area contributed by atoms with Gasteiger partial charge >= 0.3 is 6.18 Å². The van der Waals surface area contributed by atoms with E-state index in [0.29, 0.717) is 11.1 Å². The van der Waals surface area contributed by atoms with Gasteiger partial charge in [-0.05, 0) is 72.1 Å². The summed E-state index contributed by atoms with van der Waals surface area (Å²) in [5.74, 6) is -0.161. The summed E-state index contributed by atoms with van der Waals surface area (Å²) in [5, 5.41) is 4.60. The molecule has 0 aliphatic heterocycles. The van der Waals surface area contributed by atoms with Gasteiger partial charge in [-0.15, -0.1) is 0 Å². The smallest absolute Gasteiger partial charge is 0.350 e. The normalized spacial score (nSPS) is 11.7. The van der Waals surface area contributed by atoms with Crippen LogP contribution < -0.4 is 9.62 Å². The lowest BCUT2D eigenvalue weighted by Crippen LogP contribution is -2.29. The number of alkyl halides is 3. The van der Waals surface area contributed by atoms with E-state index in [0.717, 1.165) is 34.2 Å². The Bertz CT molecular complexity index is 1060. The van der Waals surface area contributed by atoms with Crippen LogP contribution in [-0.4, -0.2) is 25.3 Å². The van der Waals surface area contributed by atoms with Gasteiger partial charge in [-0.2, -0.15) is 13.2 Å². The number of carbonyl (C=O) groups excluding carboxylic acids is 1. The van der Waals surface area contributed by atoms with Gasteiger partial charge in [0.15, 0.2) is 0 Å². The van der Waals surface area contributed by atoms with Crippen molar-refractivity contribution in [3.63, 3.8) is 0 Å². The Morgan fingerprint density at radius 2 is 1.70 bits per heavy atom. The minimum atomic E-state index is -4.37. The minimum absolute atomic E-state index is 0.0184. The van der Waals surface area contributed by atoms with E-state index >= 15 is 0 Å². The van der Waals surface area contributed by atoms with Crippen LogP contribution in [0, 0.1) is 0 Å². The van der Waals surface area contributed by atoms with Crippen LogP contribution in [-0.2, 0) is 6.18 Å². The molecule has 0 aliphatic carbocycles. The zero-order valence-electron chi connectivity index (χ0n) is 17.2. The largest absolute Gasteiger partial charge is 0.416 e. The molecule has 0 aromatic heterocycles. The highest BCUT2D eigenvalue weighted by atomic mass is 32.2. The summed E-state index contributed by atoms with van der Waals surface area (Å²) in [5.41, 5.74) is 2.25. The predicted octanol–water partition coefficient (Wildman–Crippen LogP) is 6.38. The van der Waals surface area contributed by atoms with Gasteiger partial charge in [-0.3, -0.25) is 4.79 Å². The van der Waals surface area contributed by atoms with E-state index in [1.165, 1.54) is 24.1 Å². The first-order chi connectivity index (χ1) is 14.1. The van der Waals surface area contributed by atoms with Crippen molar-refractivity contribution in [2.75, 3.05) is 17.6 Å². The molecule has 1 amide bonds. The molecule has 0 saturated heterocycles. The van der Waals surface area contributed by atoms with E-state index in [-0.39, 0.29) is 11.9 Å². The number of fused-ring (bicyclic) bond motifs is 1. The van der Waals surface area contributed by atoms with Gasteiger partial charge in [0, 0.05) is 30.6 Å². The molecule has 3 rings (SSSR count). The van der Waals surface area contributed by atoms with Crippen LogP contribution in [0.25, 0.3) is 21.9 Å². The molecule has 0 aliphatic rings. The summed E-state index contributed by atoms with van der Waals surface area (Å²) in [6.45, 7) is 3.79. The summed E-state index contributed by atoms with van der Waals surface area (Å²) < 4.78 is 40.8. The van der Waals surface area contributed by atoms with E-state index in [1.54, 1.807) is 6.07 Å². The van der Waals surface area contributed by atoms with Gasteiger partial charge in [-0.25, -0.2) is 0 Å². The summed E-state index contributed by atoms with van der Waals surface area (Å²) >= 11 is 1.52. The van der Waals surface area contributed by atoms with Crippen LogP contribution >= 0.6 is 11.9 Å². The summed E-state index contributed by atoms with van der Waals surface area (Å²) in [6.07, 6.45) is -2.44. The van der Waals surface area contributed by atoms with Crippen molar-refractivity contribution >= 4 is 34.3 Å². The molecule has 0 unspecified atom stereocenters. The van der Waals surface area contributed by atoms with Gasteiger partial charge in [0.1, 0.15) is 0 Å². The van der Waals surface area contributed by atoms with Crippen molar-refractivity contribution < 1.29 is 18.0 Å². The van der Waals surface area contributed by atoms with Crippen molar-refractivity contribution in [2.45, 2.75) is 26.1 Å². The maximum absolute atomic E-state index is 13.0. The van der Waals surface area contributed by atoms with Gasteiger partial charge in [0.2, 0.25) is 0 Å². The maximum Gasteiger partial charge on any atom is 0.416 e. The molecule has 3 aromatic carbocycles. The molecule has 30 heavy (non-hydrogen) atoms. The first-order valence-electron chi connectivity index (χ1n) is 9.44. The zero-order valence-corrected chi connectivity index (χ0v) is 18.0. The quantitative estimate of drug-likeness (QED) is 0.475. The van der Waals surface area contributed by atoms with Gasteiger partial charge in [0.25, 0.3) is 5.91 Å². The Morgan fingerprint density at radius 1 is 1.03 bits per heavy atom. The monoisotopic (exact) mass is 432 g/mol. The highest BCUT2D eigenvalue weighted by Gasteiger charge is 2.30. The van der Waals surface area contributed by atoms with Crippen LogP contribution in [0.15, 0.2) is 54.6 Å². The second-order valence-corrected chi connectivity index (χ2v) is 8.23. The van der Waals surface area contributed by atoms with Gasteiger partial charge < -0.3 is 9.62 Å². The number of carbonyl (C=O) groups is 1. The standard InChI is InChI=1S/C23H23F3N2OS/c1-14(2)27-22(29)16-7-10-20-17(11-16)12-19(28(3)30-4)13-21(20)15-5-8-18(9-6-15)23(24,25)26/h5-14H,1-4H3,(H,27,29). The van der Waals surface area contributed by atoms with Crippen molar-refractivity contribution in [1.82, 2.24) is 5.32 Å². The average molecular weight is 433 g/mol. The van der Waals surface area contributed by atoms with E-state index in [2.05, 4.69) is 5.32 Å². The maximum atomic E-state index is 13.0. The van der Waals surface area contributed by atoms with Crippen molar-refractivity contribution in [3.8, 4) is 11.1 Å². The lowest BCUT2D eigenvalue weighted by molar-refractivity contribution is -0.137. The predicted molar refractivity (Wildman–Crippen MR) is 119 cm³/mol. The molecule has 0 atom stereocenters. The Hall–Kier alpha value is -2.67. The highest BCUT2D eigenvalue weighted by Crippen LogP contribution is 2.37. The molecule has 0 heterocycles. The number of halogens is 3. The minimum Gasteiger partial charge on any atom is -0.350 e. The first kappa shape index (κ1) is 22.0. The van der Waals surface area contributed by atoms with Gasteiger partial charge in [-0.1, -0.05) is 30.1 Å². The molecule has 0 saturated carbocycles. The molecule has 158 valence electrons. The van der Waals surface area contributed by atoms with Crippen molar-refractivity contribution in [1.29, 1.82) is 0 Å². The number of rotatable bonds is 5. The number of hydrogen-bond acceptors (Lipinski definition) is 3. The summed E-state index contributed by atoms with van der Waals surface area (Å²) in [4.78, 5) is 12.4. The fraction of sp³-hybridized carbons (Fsp3) is 0.261. The number of nitrogens with one attached hydrogen (secondary N) is 1. The molecule has 1 N–H and O–H groups in total. The van der Waals surface area contributed by atoms with Crippen LogP contribution in [0.5, 0.6) is 0 Å². The SMILES string of the molecule is CSN(C)c1cc(-c2ccc(C(F)(F)F)cc2)c2ccc(C(=O)NC(C)C)cc2c1. The fourth-order valence-corrected chi connectivity index (χ4v) is 3.52. The Morgan fingerprint density at radius 3 is 2.27 bits per heavy atom. The second kappa shape index (κ2) is 8.60. The Balaban J connectivity index is 2.16. The van der Waals surface area contributed by atoms with Crippen molar-refractivity contribution in [3.05, 3.63) is 65.7 Å². The number of benzene rings is 3. The number of amides is 1. The van der Waals surface area contributed by atoms with Crippen LogP contribution in [0.3, 0.4) is 0 Å². The van der Waals surface area contributed by atoms with E-state index in [1.807, 2.05) is 55.7 Å². The Kier molecular flexibility index (Phi) is 6.31. The lowest BCUT2D eigenvalue weighted by Gasteiger charge is -2.19. The van der Waals surface area contributed by atoms with Gasteiger partial charge in [0.05, 0.1) is 5.56 Å². The van der Waals surface area contributed by atoms with E-state index < -0.39 is 11.7 Å². The van der Waals surface area contributed by atoms with E-state index in [4.69, 9.17) is 0 Å². The molecule has 0 radical (unpaired) electrons. The summed E-state index contributed by atoms with van der Waals surface area (Å²) in [6, 6.07) is 14.5. The number of nitrogens with zero attached hydrogens (tertiary/aromatic N) is 1. The number of hydrogen-bond donors (Lipinski definition) is 1. The highest BCUT2D eigenvalue weighted by molar-refractivity contribution is 7.99. The fourth-order valence-electron chi connectivity index (χ4n) is 3.21. The number of anilines is 1. The van der Waals surface area contributed by atoms with E-state index in [9.17, 15) is 18.0 Å². The third-order valence-corrected chi connectivity index (χ3v) is 5.54. The molecule has 0 bridgehead atoms. The third kappa shape index (κ3) is 4.73. The molecular formula is C23H23F3N2OS. The average Bonchev–Trinajstić information content (AvgIpc) is 2.70. The molecule has 3 aromatic rings. The topological polar surface area (TPSA) is 32.3 Å². The second-order valence-electron chi connectivity index (χ2n) is 7.31. The Labute approximate surface area is 178 Å². The molecule has 0 fully saturated rings. The van der Waals surface area contributed by atoms with Crippen LogP contribution in [0.4, 0.5) is 18.9 Å². The van der Waals surface area contributed by atoms with Crippen LogP contribution in [0.1, 0.15) is 29.8 Å². The summed E-state index contributed by atoms with van der Waals surface area (Å²) in [7, 11) is 1.91. The molecule has 7 heteroatoms. The lowest BCUT2D eigenvalue weighted by atomic mass is 9.95. The van der Waals surface area contributed by atoms with Crippen LogP contribution in [0.2, 0.25) is 0 Å². The molecular weight excluding hydrogens is 409 g/mol. The zero-order chi connectivity index (χ0) is 22.1.